The third-order valence-corrected chi connectivity index (χ3v) is 4.72. The van der Waals surface area contributed by atoms with Crippen LogP contribution in [0.5, 0.6) is 0 Å². The number of amides is 1. The first kappa shape index (κ1) is 20.4. The van der Waals surface area contributed by atoms with Gasteiger partial charge in [-0.1, -0.05) is 17.9 Å². The molecule has 0 saturated carbocycles. The number of carbonyl (C=O) groups is 1. The van der Waals surface area contributed by atoms with Crippen molar-refractivity contribution in [1.29, 1.82) is 0 Å². The summed E-state index contributed by atoms with van der Waals surface area (Å²) in [6.45, 7) is 7.27. The summed E-state index contributed by atoms with van der Waals surface area (Å²) in [5, 5.41) is 0. The number of nitrogen functional groups attached to an aromatic ring is 1. The highest BCUT2D eigenvalue weighted by Crippen LogP contribution is 2.32. The van der Waals surface area contributed by atoms with Crippen LogP contribution in [0.3, 0.4) is 0 Å². The molecule has 3 rings (SSSR count). The van der Waals surface area contributed by atoms with E-state index >= 15 is 0 Å². The number of nitrogens with zero attached hydrogens (tertiary/aromatic N) is 1. The molecule has 152 valence electrons. The summed E-state index contributed by atoms with van der Waals surface area (Å²) < 4.78 is 31.3. The minimum Gasteiger partial charge on any atom is -0.444 e. The third-order valence-electron chi connectivity index (χ3n) is 4.72. The highest BCUT2D eigenvalue weighted by atomic mass is 19.1. The molecule has 1 unspecified atom stereocenters. The fourth-order valence-corrected chi connectivity index (χ4v) is 3.37. The molecule has 2 N–H and O–H groups in total. The summed E-state index contributed by atoms with van der Waals surface area (Å²) in [6, 6.07) is 4.45. The Morgan fingerprint density at radius 2 is 2.07 bits per heavy atom. The molecule has 2 saturated heterocycles. The van der Waals surface area contributed by atoms with E-state index in [1.54, 1.807) is 11.0 Å². The minimum atomic E-state index is -0.596. The zero-order valence-corrected chi connectivity index (χ0v) is 16.6. The number of carbonyl (C=O) groups excluding carboxylic acids is 1. The van der Waals surface area contributed by atoms with Crippen molar-refractivity contribution in [1.82, 2.24) is 4.90 Å². The predicted octanol–water partition coefficient (Wildman–Crippen LogP) is 2.94. The molecule has 0 aliphatic carbocycles. The molecule has 0 aromatic heterocycles. The molecule has 1 amide bonds. The zero-order valence-electron chi connectivity index (χ0n) is 16.6. The van der Waals surface area contributed by atoms with E-state index in [0.717, 1.165) is 0 Å². The Kier molecular flexibility index (Phi) is 5.82. The molecule has 0 radical (unpaired) electrons. The van der Waals surface area contributed by atoms with Crippen LogP contribution in [0.15, 0.2) is 18.2 Å². The summed E-state index contributed by atoms with van der Waals surface area (Å²) in [6.07, 6.45) is 0.343. The van der Waals surface area contributed by atoms with E-state index in [9.17, 15) is 9.18 Å². The number of rotatable bonds is 0. The summed E-state index contributed by atoms with van der Waals surface area (Å²) >= 11 is 0. The monoisotopic (exact) mass is 390 g/mol. The average Bonchev–Trinajstić information content (AvgIpc) is 2.60. The first-order valence-corrected chi connectivity index (χ1v) is 9.46. The van der Waals surface area contributed by atoms with Crippen LogP contribution in [-0.2, 0) is 14.2 Å². The van der Waals surface area contributed by atoms with Crippen LogP contribution in [0.1, 0.15) is 39.2 Å². The Bertz CT molecular complexity index is 768. The fraction of sp³-hybridized carbons (Fsp3) is 0.571. The number of hydrogen-bond donors (Lipinski definition) is 1. The lowest BCUT2D eigenvalue weighted by molar-refractivity contribution is -0.170. The van der Waals surface area contributed by atoms with Gasteiger partial charge in [0.1, 0.15) is 17.5 Å². The molecule has 2 fully saturated rings. The normalized spacial score (nSPS) is 21.7. The van der Waals surface area contributed by atoms with Crippen LogP contribution in [0, 0.1) is 17.7 Å². The van der Waals surface area contributed by atoms with Crippen LogP contribution in [0.4, 0.5) is 14.9 Å². The molecule has 2 heterocycles. The standard InChI is InChI=1S/C21H27FN2O4/c1-20(2,3)28-19(25)24-13-15(27-21(14-24)9-11-26-12-10-21)7-8-16-17(22)5-4-6-18(16)23/h4-6,15H,9-14,23H2,1-3H3. The lowest BCUT2D eigenvalue weighted by Gasteiger charge is -2.46. The van der Waals surface area contributed by atoms with Gasteiger partial charge >= 0.3 is 6.09 Å². The summed E-state index contributed by atoms with van der Waals surface area (Å²) in [4.78, 5) is 14.3. The number of benzene rings is 1. The molecule has 7 heteroatoms. The van der Waals surface area contributed by atoms with Gasteiger partial charge < -0.3 is 24.8 Å². The van der Waals surface area contributed by atoms with Crippen LogP contribution in [0.25, 0.3) is 0 Å². The number of morpholine rings is 1. The van der Waals surface area contributed by atoms with Crippen molar-refractivity contribution in [3.63, 3.8) is 0 Å². The van der Waals surface area contributed by atoms with E-state index in [-0.39, 0.29) is 17.8 Å². The number of halogens is 1. The Labute approximate surface area is 165 Å². The maximum atomic E-state index is 14.0. The Balaban J connectivity index is 1.84. The summed E-state index contributed by atoms with van der Waals surface area (Å²) in [5.74, 6) is 5.27. The predicted molar refractivity (Wildman–Crippen MR) is 103 cm³/mol. The Hall–Kier alpha value is -2.30. The highest BCUT2D eigenvalue weighted by molar-refractivity contribution is 5.68. The van der Waals surface area contributed by atoms with Gasteiger partial charge in [0.05, 0.1) is 29.9 Å². The maximum absolute atomic E-state index is 14.0. The lowest BCUT2D eigenvalue weighted by atomic mass is 9.91. The van der Waals surface area contributed by atoms with Crippen molar-refractivity contribution in [2.45, 2.75) is 50.9 Å². The summed E-state index contributed by atoms with van der Waals surface area (Å²) in [5.41, 5.74) is 5.12. The molecule has 28 heavy (non-hydrogen) atoms. The van der Waals surface area contributed by atoms with Gasteiger partial charge in [-0.15, -0.1) is 0 Å². The van der Waals surface area contributed by atoms with Gasteiger partial charge in [-0.2, -0.15) is 0 Å². The quantitative estimate of drug-likeness (QED) is 0.545. The van der Waals surface area contributed by atoms with E-state index in [1.165, 1.54) is 12.1 Å². The first-order valence-electron chi connectivity index (χ1n) is 9.46. The molecule has 0 bridgehead atoms. The van der Waals surface area contributed by atoms with Crippen molar-refractivity contribution in [2.75, 3.05) is 32.0 Å². The van der Waals surface area contributed by atoms with E-state index < -0.39 is 29.2 Å². The van der Waals surface area contributed by atoms with Crippen molar-refractivity contribution >= 4 is 11.8 Å². The second kappa shape index (κ2) is 7.98. The SMILES string of the molecule is CC(C)(C)OC(=O)N1CC(C#Cc2c(N)cccc2F)OC2(CCOCC2)C1. The van der Waals surface area contributed by atoms with E-state index in [2.05, 4.69) is 11.8 Å². The summed E-state index contributed by atoms with van der Waals surface area (Å²) in [7, 11) is 0. The van der Waals surface area contributed by atoms with Gasteiger partial charge in [-0.05, 0) is 32.9 Å². The smallest absolute Gasteiger partial charge is 0.410 e. The molecule has 1 aromatic carbocycles. The van der Waals surface area contributed by atoms with Gasteiger partial charge in [0.25, 0.3) is 0 Å². The molecule has 1 atom stereocenters. The molecule has 2 aliphatic heterocycles. The van der Waals surface area contributed by atoms with Crippen LogP contribution in [0.2, 0.25) is 0 Å². The average molecular weight is 390 g/mol. The van der Waals surface area contributed by atoms with Crippen LogP contribution >= 0.6 is 0 Å². The molecule has 2 aliphatic rings. The molecule has 1 aromatic rings. The van der Waals surface area contributed by atoms with E-state index in [1.807, 2.05) is 20.8 Å². The van der Waals surface area contributed by atoms with Gasteiger partial charge in [0, 0.05) is 26.1 Å². The zero-order chi connectivity index (χ0) is 20.4. The Morgan fingerprint density at radius 3 is 2.71 bits per heavy atom. The minimum absolute atomic E-state index is 0.140. The largest absolute Gasteiger partial charge is 0.444 e. The number of anilines is 1. The van der Waals surface area contributed by atoms with Crippen LogP contribution in [-0.4, -0.2) is 54.6 Å². The van der Waals surface area contributed by atoms with E-state index in [0.29, 0.717) is 32.6 Å². The van der Waals surface area contributed by atoms with Crippen molar-refractivity contribution in [3.05, 3.63) is 29.6 Å². The number of ether oxygens (including phenoxy) is 3. The van der Waals surface area contributed by atoms with Gasteiger partial charge in [0.2, 0.25) is 0 Å². The second-order valence-corrected chi connectivity index (χ2v) is 8.24. The van der Waals surface area contributed by atoms with E-state index in [4.69, 9.17) is 19.9 Å². The first-order chi connectivity index (χ1) is 13.2. The number of nitrogens with two attached hydrogens (primary N) is 1. The van der Waals surface area contributed by atoms with Crippen LogP contribution < -0.4 is 5.73 Å². The maximum Gasteiger partial charge on any atom is 0.410 e. The third kappa shape index (κ3) is 4.94. The van der Waals surface area contributed by atoms with Gasteiger partial charge in [-0.25, -0.2) is 9.18 Å². The Morgan fingerprint density at radius 1 is 1.36 bits per heavy atom. The highest BCUT2D eigenvalue weighted by Gasteiger charge is 2.44. The molecular formula is C21H27FN2O4. The molecule has 6 nitrogen and oxygen atoms in total. The molecule has 1 spiro atoms. The lowest BCUT2D eigenvalue weighted by Crippen LogP contribution is -2.59. The van der Waals surface area contributed by atoms with Crippen molar-refractivity contribution < 1.29 is 23.4 Å². The fourth-order valence-electron chi connectivity index (χ4n) is 3.37. The second-order valence-electron chi connectivity index (χ2n) is 8.24. The topological polar surface area (TPSA) is 74.0 Å². The van der Waals surface area contributed by atoms with Crippen molar-refractivity contribution in [3.8, 4) is 11.8 Å². The van der Waals surface area contributed by atoms with Gasteiger partial charge in [0.15, 0.2) is 0 Å². The van der Waals surface area contributed by atoms with Gasteiger partial charge in [-0.3, -0.25) is 0 Å². The molecular weight excluding hydrogens is 363 g/mol. The van der Waals surface area contributed by atoms with Crippen molar-refractivity contribution in [2.24, 2.45) is 0 Å². The number of hydrogen-bond acceptors (Lipinski definition) is 5.